The predicted molar refractivity (Wildman–Crippen MR) is 82.2 cm³/mol. The van der Waals surface area contributed by atoms with Crippen molar-refractivity contribution in [3.8, 4) is 0 Å². The van der Waals surface area contributed by atoms with Gasteiger partial charge in [0.2, 0.25) is 5.13 Å². The van der Waals surface area contributed by atoms with Crippen LogP contribution in [0, 0.1) is 6.92 Å². The summed E-state index contributed by atoms with van der Waals surface area (Å²) in [5, 5.41) is 13.2. The Balaban J connectivity index is 1.80. The summed E-state index contributed by atoms with van der Waals surface area (Å²) in [5.41, 5.74) is 6.37. The number of hydrogen-bond acceptors (Lipinski definition) is 6. The standard InChI is InChI=1S/C14H13N5S/c1-9-7-8-11(18-16-9)10(2)17-19-14-15-12-5-3-4-6-13(12)20-14/h3-8H,1-2H3,(H,15,19)/b17-10+. The first-order valence-corrected chi connectivity index (χ1v) is 7.00. The molecule has 1 N–H and O–H groups in total. The Morgan fingerprint density at radius 3 is 2.75 bits per heavy atom. The van der Waals surface area contributed by atoms with Gasteiger partial charge in [-0.05, 0) is 38.1 Å². The Labute approximate surface area is 120 Å². The highest BCUT2D eigenvalue weighted by Gasteiger charge is 2.03. The number of hydrogen-bond donors (Lipinski definition) is 1. The molecule has 0 radical (unpaired) electrons. The SMILES string of the molecule is C/C(=N\Nc1nc2ccccc2s1)c1ccc(C)nn1. The molecular formula is C14H13N5S. The number of aromatic nitrogens is 3. The smallest absolute Gasteiger partial charge is 0.204 e. The third-order valence-electron chi connectivity index (χ3n) is 2.78. The number of anilines is 1. The number of nitrogens with zero attached hydrogens (tertiary/aromatic N) is 4. The number of nitrogens with one attached hydrogen (secondary N) is 1. The van der Waals surface area contributed by atoms with Crippen LogP contribution in [0.2, 0.25) is 0 Å². The quantitative estimate of drug-likeness (QED) is 0.592. The lowest BCUT2D eigenvalue weighted by atomic mass is 10.3. The molecule has 1 aromatic carbocycles. The van der Waals surface area contributed by atoms with E-state index in [1.807, 2.05) is 50.2 Å². The molecule has 2 heterocycles. The number of fused-ring (bicyclic) bond motifs is 1. The van der Waals surface area contributed by atoms with Gasteiger partial charge < -0.3 is 0 Å². The van der Waals surface area contributed by atoms with Crippen molar-refractivity contribution in [1.29, 1.82) is 0 Å². The average molecular weight is 283 g/mol. The van der Waals surface area contributed by atoms with E-state index in [9.17, 15) is 0 Å². The first-order chi connectivity index (χ1) is 9.72. The predicted octanol–water partition coefficient (Wildman–Crippen LogP) is 3.23. The van der Waals surface area contributed by atoms with E-state index in [1.54, 1.807) is 11.3 Å². The molecule has 20 heavy (non-hydrogen) atoms. The molecule has 0 fully saturated rings. The number of thiazole rings is 1. The van der Waals surface area contributed by atoms with Crippen molar-refractivity contribution in [2.24, 2.45) is 5.10 Å². The highest BCUT2D eigenvalue weighted by molar-refractivity contribution is 7.22. The molecule has 0 atom stereocenters. The van der Waals surface area contributed by atoms with Gasteiger partial charge in [-0.1, -0.05) is 23.5 Å². The third-order valence-corrected chi connectivity index (χ3v) is 3.72. The van der Waals surface area contributed by atoms with Crippen LogP contribution in [0.3, 0.4) is 0 Å². The van der Waals surface area contributed by atoms with Crippen LogP contribution in [0.1, 0.15) is 18.3 Å². The molecule has 0 unspecified atom stereocenters. The van der Waals surface area contributed by atoms with Crippen molar-refractivity contribution < 1.29 is 0 Å². The number of para-hydroxylation sites is 1. The van der Waals surface area contributed by atoms with Gasteiger partial charge in [0.15, 0.2) is 0 Å². The molecule has 3 aromatic rings. The summed E-state index contributed by atoms with van der Waals surface area (Å²) in [7, 11) is 0. The fraction of sp³-hybridized carbons (Fsp3) is 0.143. The van der Waals surface area contributed by atoms with Gasteiger partial charge in [0.1, 0.15) is 5.69 Å². The largest absolute Gasteiger partial charge is 0.252 e. The Bertz CT molecular complexity index is 728. The van der Waals surface area contributed by atoms with Crippen LogP contribution in [0.25, 0.3) is 10.2 Å². The van der Waals surface area contributed by atoms with Gasteiger partial charge in [-0.3, -0.25) is 5.43 Å². The van der Waals surface area contributed by atoms with E-state index in [1.165, 1.54) is 0 Å². The van der Waals surface area contributed by atoms with E-state index in [2.05, 4.69) is 25.7 Å². The minimum atomic E-state index is 0.754. The lowest BCUT2D eigenvalue weighted by Gasteiger charge is -1.99. The summed E-state index contributed by atoms with van der Waals surface area (Å²) in [6.07, 6.45) is 0. The first kappa shape index (κ1) is 12.7. The van der Waals surface area contributed by atoms with E-state index >= 15 is 0 Å². The molecule has 6 heteroatoms. The van der Waals surface area contributed by atoms with Crippen LogP contribution >= 0.6 is 11.3 Å². The summed E-state index contributed by atoms with van der Waals surface area (Å²) in [6, 6.07) is 11.8. The Morgan fingerprint density at radius 2 is 2.00 bits per heavy atom. The second-order valence-electron chi connectivity index (χ2n) is 4.36. The summed E-state index contributed by atoms with van der Waals surface area (Å²) in [5.74, 6) is 0. The minimum Gasteiger partial charge on any atom is -0.252 e. The van der Waals surface area contributed by atoms with Gasteiger partial charge in [-0.2, -0.15) is 10.2 Å². The van der Waals surface area contributed by atoms with Crippen molar-refractivity contribution in [3.63, 3.8) is 0 Å². The zero-order valence-electron chi connectivity index (χ0n) is 11.2. The van der Waals surface area contributed by atoms with Crippen molar-refractivity contribution in [1.82, 2.24) is 15.2 Å². The molecular weight excluding hydrogens is 270 g/mol. The molecule has 0 saturated heterocycles. The Hall–Kier alpha value is -2.34. The number of hydrazone groups is 1. The van der Waals surface area contributed by atoms with Crippen molar-refractivity contribution in [2.45, 2.75) is 13.8 Å². The molecule has 0 aliphatic heterocycles. The second-order valence-corrected chi connectivity index (χ2v) is 5.39. The zero-order chi connectivity index (χ0) is 13.9. The van der Waals surface area contributed by atoms with Crippen LogP contribution in [0.4, 0.5) is 5.13 Å². The average Bonchev–Trinajstić information content (AvgIpc) is 2.88. The van der Waals surface area contributed by atoms with Gasteiger partial charge in [0.05, 0.1) is 21.6 Å². The van der Waals surface area contributed by atoms with Crippen molar-refractivity contribution >= 4 is 32.4 Å². The molecule has 3 rings (SSSR count). The van der Waals surface area contributed by atoms with Gasteiger partial charge in [-0.15, -0.1) is 5.10 Å². The van der Waals surface area contributed by atoms with E-state index in [-0.39, 0.29) is 0 Å². The van der Waals surface area contributed by atoms with E-state index in [0.717, 1.165) is 32.4 Å². The zero-order valence-corrected chi connectivity index (χ0v) is 12.0. The molecule has 0 saturated carbocycles. The fourth-order valence-electron chi connectivity index (χ4n) is 1.70. The highest BCUT2D eigenvalue weighted by Crippen LogP contribution is 2.25. The number of benzene rings is 1. The molecule has 5 nitrogen and oxygen atoms in total. The van der Waals surface area contributed by atoms with Gasteiger partial charge in [-0.25, -0.2) is 4.98 Å². The maximum atomic E-state index is 4.46. The number of rotatable bonds is 3. The normalized spacial score (nSPS) is 11.8. The molecule has 0 aliphatic rings. The summed E-state index contributed by atoms with van der Waals surface area (Å²) < 4.78 is 1.14. The maximum absolute atomic E-state index is 4.46. The third kappa shape index (κ3) is 2.65. The van der Waals surface area contributed by atoms with E-state index in [4.69, 9.17) is 0 Å². The summed E-state index contributed by atoms with van der Waals surface area (Å²) in [6.45, 7) is 3.79. The topological polar surface area (TPSA) is 63.1 Å². The molecule has 100 valence electrons. The second kappa shape index (κ2) is 5.34. The van der Waals surface area contributed by atoms with Gasteiger partial charge in [0.25, 0.3) is 0 Å². The number of aryl methyl sites for hydroxylation is 1. The van der Waals surface area contributed by atoms with Crippen LogP contribution in [-0.4, -0.2) is 20.9 Å². The maximum Gasteiger partial charge on any atom is 0.204 e. The van der Waals surface area contributed by atoms with E-state index in [0.29, 0.717) is 0 Å². The van der Waals surface area contributed by atoms with Gasteiger partial charge >= 0.3 is 0 Å². The minimum absolute atomic E-state index is 0.754. The van der Waals surface area contributed by atoms with Crippen LogP contribution in [0.5, 0.6) is 0 Å². The lowest BCUT2D eigenvalue weighted by Crippen LogP contribution is -2.03. The van der Waals surface area contributed by atoms with Gasteiger partial charge in [0, 0.05) is 0 Å². The Kier molecular flexibility index (Phi) is 3.39. The first-order valence-electron chi connectivity index (χ1n) is 6.19. The van der Waals surface area contributed by atoms with E-state index < -0.39 is 0 Å². The van der Waals surface area contributed by atoms with Crippen molar-refractivity contribution in [3.05, 3.63) is 47.8 Å². The van der Waals surface area contributed by atoms with Crippen LogP contribution < -0.4 is 5.43 Å². The summed E-state index contributed by atoms with van der Waals surface area (Å²) in [4.78, 5) is 4.46. The lowest BCUT2D eigenvalue weighted by molar-refractivity contribution is 0.967. The molecule has 0 aliphatic carbocycles. The monoisotopic (exact) mass is 283 g/mol. The Morgan fingerprint density at radius 1 is 1.15 bits per heavy atom. The fourth-order valence-corrected chi connectivity index (χ4v) is 2.51. The molecule has 0 amide bonds. The van der Waals surface area contributed by atoms with Crippen LogP contribution in [-0.2, 0) is 0 Å². The molecule has 0 bridgehead atoms. The van der Waals surface area contributed by atoms with Crippen LogP contribution in [0.15, 0.2) is 41.5 Å². The summed E-state index contributed by atoms with van der Waals surface area (Å²) >= 11 is 1.57. The molecule has 0 spiro atoms. The van der Waals surface area contributed by atoms with Crippen molar-refractivity contribution in [2.75, 3.05) is 5.43 Å². The highest BCUT2D eigenvalue weighted by atomic mass is 32.1. The molecule has 2 aromatic heterocycles.